The normalized spacial score (nSPS) is 24.3. The lowest BCUT2D eigenvalue weighted by molar-refractivity contribution is 0.0888. The van der Waals surface area contributed by atoms with Gasteiger partial charge >= 0.3 is 0 Å². The van der Waals surface area contributed by atoms with Crippen LogP contribution >= 0.6 is 0 Å². The number of nitrogens with zero attached hydrogens (tertiary/aromatic N) is 1. The number of nitrogens with one attached hydrogen (secondary N) is 1. The van der Waals surface area contributed by atoms with Crippen molar-refractivity contribution in [3.8, 4) is 0 Å². The molecule has 0 aliphatic carbocycles. The van der Waals surface area contributed by atoms with E-state index in [2.05, 4.69) is 10.3 Å². The first-order chi connectivity index (χ1) is 8.68. The summed E-state index contributed by atoms with van der Waals surface area (Å²) in [4.78, 5) is 3.96. The minimum atomic E-state index is -0.638. The highest BCUT2D eigenvalue weighted by Crippen LogP contribution is 2.26. The van der Waals surface area contributed by atoms with Crippen molar-refractivity contribution in [1.29, 1.82) is 0 Å². The Morgan fingerprint density at radius 1 is 1.39 bits per heavy atom. The predicted molar refractivity (Wildman–Crippen MR) is 68.6 cm³/mol. The summed E-state index contributed by atoms with van der Waals surface area (Å²) in [6.07, 6.45) is 5.26. The van der Waals surface area contributed by atoms with Crippen LogP contribution in [0.4, 0.5) is 4.39 Å². The summed E-state index contributed by atoms with van der Waals surface area (Å²) in [5.41, 5.74) is 0.551. The lowest BCUT2D eigenvalue weighted by Crippen LogP contribution is -2.37. The van der Waals surface area contributed by atoms with Crippen molar-refractivity contribution < 1.29 is 9.50 Å². The highest BCUT2D eigenvalue weighted by atomic mass is 19.1. The number of rotatable bonds is 3. The van der Waals surface area contributed by atoms with E-state index in [9.17, 15) is 9.50 Å². The van der Waals surface area contributed by atoms with Gasteiger partial charge in [-0.1, -0.05) is 19.8 Å². The molecule has 3 unspecified atom stereocenters. The Labute approximate surface area is 107 Å². The van der Waals surface area contributed by atoms with Gasteiger partial charge in [0.1, 0.15) is 5.82 Å². The highest BCUT2D eigenvalue weighted by Gasteiger charge is 2.26. The molecular weight excluding hydrogens is 231 g/mol. The molecule has 0 aromatic carbocycles. The van der Waals surface area contributed by atoms with Gasteiger partial charge in [-0.25, -0.2) is 4.39 Å². The minimum Gasteiger partial charge on any atom is -0.386 e. The van der Waals surface area contributed by atoms with Crippen LogP contribution in [0.25, 0.3) is 0 Å². The molecule has 0 amide bonds. The van der Waals surface area contributed by atoms with E-state index in [1.807, 2.05) is 6.92 Å². The quantitative estimate of drug-likeness (QED) is 0.868. The molecule has 0 spiro atoms. The maximum atomic E-state index is 12.8. The molecule has 0 radical (unpaired) electrons. The third-order valence-electron chi connectivity index (χ3n) is 3.78. The molecule has 1 aromatic heterocycles. The standard InChI is InChI=1S/C14H21FN2O/c1-10(12-5-3-2-4-8-16-12)14(18)13-7-6-11(15)9-17-13/h6-7,9-10,12,14,16,18H,2-5,8H2,1H3. The van der Waals surface area contributed by atoms with Crippen molar-refractivity contribution in [2.24, 2.45) is 5.92 Å². The fourth-order valence-corrected chi connectivity index (χ4v) is 2.56. The van der Waals surface area contributed by atoms with Crippen molar-refractivity contribution >= 4 is 0 Å². The summed E-state index contributed by atoms with van der Waals surface area (Å²) >= 11 is 0. The van der Waals surface area contributed by atoms with Crippen LogP contribution in [0.3, 0.4) is 0 Å². The van der Waals surface area contributed by atoms with Gasteiger partial charge in [0.25, 0.3) is 0 Å². The van der Waals surface area contributed by atoms with E-state index in [4.69, 9.17) is 0 Å². The van der Waals surface area contributed by atoms with E-state index in [0.29, 0.717) is 11.7 Å². The van der Waals surface area contributed by atoms with Crippen LogP contribution in [0.5, 0.6) is 0 Å². The zero-order chi connectivity index (χ0) is 13.0. The summed E-state index contributed by atoms with van der Waals surface area (Å²) in [5, 5.41) is 13.8. The van der Waals surface area contributed by atoms with Gasteiger partial charge in [0.15, 0.2) is 0 Å². The fourth-order valence-electron chi connectivity index (χ4n) is 2.56. The van der Waals surface area contributed by atoms with Gasteiger partial charge in [-0.2, -0.15) is 0 Å². The van der Waals surface area contributed by atoms with Crippen LogP contribution in [0, 0.1) is 11.7 Å². The maximum Gasteiger partial charge on any atom is 0.141 e. The van der Waals surface area contributed by atoms with E-state index in [-0.39, 0.29) is 11.7 Å². The van der Waals surface area contributed by atoms with Crippen molar-refractivity contribution in [2.75, 3.05) is 6.54 Å². The molecule has 18 heavy (non-hydrogen) atoms. The molecule has 0 saturated carbocycles. The number of aliphatic hydroxyl groups excluding tert-OH is 1. The second-order valence-electron chi connectivity index (χ2n) is 5.12. The Balaban J connectivity index is 2.02. The molecular formula is C14H21FN2O. The molecule has 0 bridgehead atoms. The number of aliphatic hydroxyl groups is 1. The number of pyridine rings is 1. The van der Waals surface area contributed by atoms with Gasteiger partial charge in [-0.3, -0.25) is 4.98 Å². The van der Waals surface area contributed by atoms with Crippen LogP contribution in [0.2, 0.25) is 0 Å². The third-order valence-corrected chi connectivity index (χ3v) is 3.78. The Morgan fingerprint density at radius 2 is 2.22 bits per heavy atom. The van der Waals surface area contributed by atoms with Gasteiger partial charge in [0.2, 0.25) is 0 Å². The first-order valence-electron chi connectivity index (χ1n) is 6.71. The van der Waals surface area contributed by atoms with E-state index >= 15 is 0 Å². The van der Waals surface area contributed by atoms with E-state index in [1.165, 1.54) is 25.3 Å². The molecule has 1 saturated heterocycles. The predicted octanol–water partition coefficient (Wildman–Crippen LogP) is 2.42. The second-order valence-corrected chi connectivity index (χ2v) is 5.12. The Hall–Kier alpha value is -1.00. The number of halogens is 1. The number of hydrogen-bond acceptors (Lipinski definition) is 3. The Morgan fingerprint density at radius 3 is 2.94 bits per heavy atom. The molecule has 100 valence electrons. The van der Waals surface area contributed by atoms with Crippen LogP contribution in [-0.2, 0) is 0 Å². The second kappa shape index (κ2) is 6.25. The summed E-state index contributed by atoms with van der Waals surface area (Å²) < 4.78 is 12.8. The smallest absolute Gasteiger partial charge is 0.141 e. The summed E-state index contributed by atoms with van der Waals surface area (Å²) in [6, 6.07) is 3.22. The molecule has 3 atom stereocenters. The first-order valence-corrected chi connectivity index (χ1v) is 6.71. The first kappa shape index (κ1) is 13.4. The molecule has 4 heteroatoms. The lowest BCUT2D eigenvalue weighted by Gasteiger charge is -2.27. The van der Waals surface area contributed by atoms with E-state index in [0.717, 1.165) is 19.2 Å². The van der Waals surface area contributed by atoms with Gasteiger partial charge < -0.3 is 10.4 Å². The molecule has 2 N–H and O–H groups in total. The zero-order valence-corrected chi connectivity index (χ0v) is 10.8. The molecule has 2 heterocycles. The van der Waals surface area contributed by atoms with E-state index < -0.39 is 6.10 Å². The van der Waals surface area contributed by atoms with Gasteiger partial charge in [-0.05, 0) is 31.5 Å². The monoisotopic (exact) mass is 252 g/mol. The zero-order valence-electron chi connectivity index (χ0n) is 10.8. The van der Waals surface area contributed by atoms with E-state index in [1.54, 1.807) is 6.07 Å². The topological polar surface area (TPSA) is 45.1 Å². The molecule has 1 fully saturated rings. The van der Waals surface area contributed by atoms with Gasteiger partial charge in [0, 0.05) is 12.0 Å². The van der Waals surface area contributed by atoms with Crippen LogP contribution in [0.15, 0.2) is 18.3 Å². The van der Waals surface area contributed by atoms with Gasteiger partial charge in [0.05, 0.1) is 18.0 Å². The SMILES string of the molecule is CC(C1CCCCCN1)C(O)c1ccc(F)cn1. The average Bonchev–Trinajstić information content (AvgIpc) is 2.67. The molecule has 1 aliphatic heterocycles. The largest absolute Gasteiger partial charge is 0.386 e. The van der Waals surface area contributed by atoms with Crippen LogP contribution in [0.1, 0.15) is 44.4 Å². The van der Waals surface area contributed by atoms with Crippen LogP contribution < -0.4 is 5.32 Å². The Kier molecular flexibility index (Phi) is 4.66. The van der Waals surface area contributed by atoms with Crippen molar-refractivity contribution in [3.05, 3.63) is 29.8 Å². The number of hydrogen-bond donors (Lipinski definition) is 2. The maximum absolute atomic E-state index is 12.8. The van der Waals surface area contributed by atoms with Crippen molar-refractivity contribution in [2.45, 2.75) is 44.8 Å². The molecule has 3 nitrogen and oxygen atoms in total. The van der Waals surface area contributed by atoms with Crippen molar-refractivity contribution in [3.63, 3.8) is 0 Å². The number of aromatic nitrogens is 1. The van der Waals surface area contributed by atoms with Crippen LogP contribution in [-0.4, -0.2) is 22.7 Å². The Bertz CT molecular complexity index is 361. The summed E-state index contributed by atoms with van der Waals surface area (Å²) in [7, 11) is 0. The summed E-state index contributed by atoms with van der Waals surface area (Å²) in [5.74, 6) is -0.285. The average molecular weight is 252 g/mol. The van der Waals surface area contributed by atoms with Crippen molar-refractivity contribution in [1.82, 2.24) is 10.3 Å². The molecule has 1 aliphatic rings. The lowest BCUT2D eigenvalue weighted by atomic mass is 9.90. The fraction of sp³-hybridized carbons (Fsp3) is 0.643. The molecule has 1 aromatic rings. The minimum absolute atomic E-state index is 0.0843. The molecule has 2 rings (SSSR count). The summed E-state index contributed by atoms with van der Waals surface area (Å²) in [6.45, 7) is 3.04. The highest BCUT2D eigenvalue weighted by molar-refractivity contribution is 5.09. The van der Waals surface area contributed by atoms with Gasteiger partial charge in [-0.15, -0.1) is 0 Å². The third kappa shape index (κ3) is 3.27.